The maximum absolute atomic E-state index is 13.1. The average Bonchev–Trinajstić information content (AvgIpc) is 3.28. The highest BCUT2D eigenvalue weighted by atomic mass is 16.5. The third kappa shape index (κ3) is 8.48. The normalized spacial score (nSPS) is 14.7. The number of hydrogen-bond donors (Lipinski definition) is 4. The summed E-state index contributed by atoms with van der Waals surface area (Å²) in [5.41, 5.74) is 7.53. The van der Waals surface area contributed by atoms with Crippen LogP contribution >= 0.6 is 0 Å². The van der Waals surface area contributed by atoms with E-state index in [1.54, 1.807) is 17.1 Å². The number of rotatable bonds is 14. The van der Waals surface area contributed by atoms with E-state index in [1.807, 2.05) is 58.0 Å². The molecular formula is C25H37N5O5. The van der Waals surface area contributed by atoms with Crippen molar-refractivity contribution in [2.45, 2.75) is 72.0 Å². The molecule has 1 aromatic carbocycles. The van der Waals surface area contributed by atoms with Gasteiger partial charge in [0.05, 0.1) is 19.0 Å². The minimum absolute atomic E-state index is 0.00243. The highest BCUT2D eigenvalue weighted by molar-refractivity contribution is 5.92. The molecule has 1 aromatic heterocycles. The van der Waals surface area contributed by atoms with Crippen molar-refractivity contribution in [3.8, 4) is 0 Å². The topological polar surface area (TPSA) is 149 Å². The Hall–Kier alpha value is -3.24. The Balaban J connectivity index is 2.05. The standard InChI is InChI=1S/C25H37N5O5/c1-5-17(4)22(29-23(31)21(26)16(2)3)24(32)28-20(25(33)34)11-19-12-27-14-30(19)15-35-13-18-9-7-6-8-10-18/h6-10,12,14,16-17,20-22H,5,11,13,15,26H2,1-4H3,(H,28,32)(H,29,31)(H,33,34)/t17-,20-,21-,22-/m0/s1. The number of hydrogen-bond acceptors (Lipinski definition) is 6. The predicted octanol–water partition coefficient (Wildman–Crippen LogP) is 1.68. The molecule has 10 heteroatoms. The van der Waals surface area contributed by atoms with Gasteiger partial charge in [0.2, 0.25) is 11.8 Å². The second-order valence-electron chi connectivity index (χ2n) is 9.06. The largest absolute Gasteiger partial charge is 0.480 e. The van der Waals surface area contributed by atoms with Crippen LogP contribution in [0.5, 0.6) is 0 Å². The third-order valence-electron chi connectivity index (χ3n) is 5.98. The Kier molecular flexibility index (Phi) is 10.9. The molecule has 0 spiro atoms. The summed E-state index contributed by atoms with van der Waals surface area (Å²) in [7, 11) is 0. The van der Waals surface area contributed by atoms with Crippen molar-refractivity contribution in [3.05, 3.63) is 54.1 Å². The number of ether oxygens (including phenoxy) is 1. The molecule has 2 aromatic rings. The molecule has 0 saturated carbocycles. The predicted molar refractivity (Wildman–Crippen MR) is 131 cm³/mol. The summed E-state index contributed by atoms with van der Waals surface area (Å²) in [6.45, 7) is 7.92. The fourth-order valence-corrected chi connectivity index (χ4v) is 3.40. The lowest BCUT2D eigenvalue weighted by molar-refractivity contribution is -0.142. The van der Waals surface area contributed by atoms with E-state index in [-0.39, 0.29) is 25.0 Å². The lowest BCUT2D eigenvalue weighted by atomic mass is 9.96. The van der Waals surface area contributed by atoms with Crippen molar-refractivity contribution >= 4 is 17.8 Å². The fourth-order valence-electron chi connectivity index (χ4n) is 3.40. The third-order valence-corrected chi connectivity index (χ3v) is 5.98. The van der Waals surface area contributed by atoms with Crippen LogP contribution in [0.2, 0.25) is 0 Å². The first-order valence-electron chi connectivity index (χ1n) is 11.8. The summed E-state index contributed by atoms with van der Waals surface area (Å²) in [6, 6.07) is 6.78. The number of carboxylic acids is 1. The Morgan fingerprint density at radius 3 is 2.40 bits per heavy atom. The number of amides is 2. The van der Waals surface area contributed by atoms with Crippen LogP contribution in [0.15, 0.2) is 42.9 Å². The van der Waals surface area contributed by atoms with Crippen LogP contribution in [0.3, 0.4) is 0 Å². The number of nitrogens with two attached hydrogens (primary N) is 1. The summed E-state index contributed by atoms with van der Waals surface area (Å²) in [5, 5.41) is 15.1. The van der Waals surface area contributed by atoms with E-state index in [9.17, 15) is 19.5 Å². The lowest BCUT2D eigenvalue weighted by Crippen LogP contribution is -2.57. The molecule has 0 unspecified atom stereocenters. The highest BCUT2D eigenvalue weighted by Crippen LogP contribution is 2.12. The minimum Gasteiger partial charge on any atom is -0.480 e. The maximum Gasteiger partial charge on any atom is 0.326 e. The van der Waals surface area contributed by atoms with Gasteiger partial charge in [0.15, 0.2) is 0 Å². The van der Waals surface area contributed by atoms with Crippen molar-refractivity contribution in [2.75, 3.05) is 0 Å². The average molecular weight is 488 g/mol. The second kappa shape index (κ2) is 13.6. The van der Waals surface area contributed by atoms with E-state index in [4.69, 9.17) is 10.5 Å². The molecule has 2 rings (SSSR count). The molecule has 0 bridgehead atoms. The van der Waals surface area contributed by atoms with Gasteiger partial charge in [-0.25, -0.2) is 9.78 Å². The van der Waals surface area contributed by atoms with Gasteiger partial charge in [-0.3, -0.25) is 9.59 Å². The number of nitrogens with zero attached hydrogens (tertiary/aromatic N) is 2. The van der Waals surface area contributed by atoms with Crippen LogP contribution in [0.4, 0.5) is 0 Å². The van der Waals surface area contributed by atoms with Gasteiger partial charge in [-0.1, -0.05) is 64.4 Å². The summed E-state index contributed by atoms with van der Waals surface area (Å²) >= 11 is 0. The fraction of sp³-hybridized carbons (Fsp3) is 0.520. The van der Waals surface area contributed by atoms with Crippen molar-refractivity contribution in [2.24, 2.45) is 17.6 Å². The van der Waals surface area contributed by atoms with Crippen molar-refractivity contribution < 1.29 is 24.2 Å². The van der Waals surface area contributed by atoms with Crippen LogP contribution in [-0.4, -0.2) is 50.6 Å². The summed E-state index contributed by atoms with van der Waals surface area (Å²) in [5.74, 6) is -2.52. The molecule has 5 N–H and O–H groups in total. The number of carbonyl (C=O) groups is 3. The molecule has 35 heavy (non-hydrogen) atoms. The van der Waals surface area contributed by atoms with E-state index in [1.165, 1.54) is 0 Å². The Bertz CT molecular complexity index is 962. The monoisotopic (exact) mass is 487 g/mol. The first-order chi connectivity index (χ1) is 16.6. The van der Waals surface area contributed by atoms with Gasteiger partial charge in [-0.2, -0.15) is 0 Å². The number of aromatic nitrogens is 2. The first-order valence-corrected chi connectivity index (χ1v) is 11.8. The molecule has 0 saturated heterocycles. The molecular weight excluding hydrogens is 450 g/mol. The van der Waals surface area contributed by atoms with Crippen LogP contribution in [0.1, 0.15) is 45.4 Å². The minimum atomic E-state index is -1.21. The highest BCUT2D eigenvalue weighted by Gasteiger charge is 2.32. The molecule has 4 atom stereocenters. The van der Waals surface area contributed by atoms with Crippen molar-refractivity contribution in [3.63, 3.8) is 0 Å². The summed E-state index contributed by atoms with van der Waals surface area (Å²) in [6.07, 6.45) is 3.71. The van der Waals surface area contributed by atoms with Gasteiger partial charge in [-0.05, 0) is 17.4 Å². The molecule has 0 aliphatic rings. The van der Waals surface area contributed by atoms with E-state index in [2.05, 4.69) is 15.6 Å². The lowest BCUT2D eigenvalue weighted by Gasteiger charge is -2.27. The van der Waals surface area contributed by atoms with Gasteiger partial charge in [0, 0.05) is 18.3 Å². The summed E-state index contributed by atoms with van der Waals surface area (Å²) < 4.78 is 7.42. The van der Waals surface area contributed by atoms with Gasteiger partial charge in [-0.15, -0.1) is 0 Å². The molecule has 10 nitrogen and oxygen atoms in total. The molecule has 192 valence electrons. The number of nitrogens with one attached hydrogen (secondary N) is 2. The van der Waals surface area contributed by atoms with Gasteiger partial charge >= 0.3 is 5.97 Å². The first kappa shape index (κ1) is 28.0. The number of imidazole rings is 1. The Morgan fingerprint density at radius 2 is 1.80 bits per heavy atom. The number of carboxylic acid groups (broad SMARTS) is 1. The van der Waals surface area contributed by atoms with E-state index in [0.29, 0.717) is 18.7 Å². The number of carbonyl (C=O) groups excluding carboxylic acids is 2. The SMILES string of the molecule is CC[C@H](C)[C@H](NC(=O)[C@@H](N)C(C)C)C(=O)N[C@@H](Cc1cncn1COCc1ccccc1)C(=O)O. The Morgan fingerprint density at radius 1 is 1.11 bits per heavy atom. The molecule has 0 aliphatic carbocycles. The van der Waals surface area contributed by atoms with E-state index in [0.717, 1.165) is 5.56 Å². The zero-order chi connectivity index (χ0) is 26.0. The zero-order valence-corrected chi connectivity index (χ0v) is 20.8. The van der Waals surface area contributed by atoms with Crippen LogP contribution in [0, 0.1) is 11.8 Å². The van der Waals surface area contributed by atoms with Crippen molar-refractivity contribution in [1.29, 1.82) is 0 Å². The van der Waals surface area contributed by atoms with Crippen molar-refractivity contribution in [1.82, 2.24) is 20.2 Å². The molecule has 0 aliphatic heterocycles. The van der Waals surface area contributed by atoms with E-state index >= 15 is 0 Å². The number of benzene rings is 1. The quantitative estimate of drug-likeness (QED) is 0.317. The Labute approximate surface area is 206 Å². The van der Waals surface area contributed by atoms with Crippen LogP contribution in [-0.2, 0) is 38.9 Å². The molecule has 0 radical (unpaired) electrons. The molecule has 0 fully saturated rings. The van der Waals surface area contributed by atoms with Gasteiger partial charge in [0.1, 0.15) is 18.8 Å². The van der Waals surface area contributed by atoms with Crippen LogP contribution < -0.4 is 16.4 Å². The van der Waals surface area contributed by atoms with Gasteiger partial charge < -0.3 is 30.8 Å². The smallest absolute Gasteiger partial charge is 0.326 e. The molecule has 1 heterocycles. The maximum atomic E-state index is 13.1. The number of aliphatic carboxylic acids is 1. The second-order valence-corrected chi connectivity index (χ2v) is 9.06. The van der Waals surface area contributed by atoms with Crippen LogP contribution in [0.25, 0.3) is 0 Å². The summed E-state index contributed by atoms with van der Waals surface area (Å²) in [4.78, 5) is 41.6. The molecule has 2 amide bonds. The van der Waals surface area contributed by atoms with Gasteiger partial charge in [0.25, 0.3) is 0 Å². The van der Waals surface area contributed by atoms with E-state index < -0.39 is 35.9 Å². The zero-order valence-electron chi connectivity index (χ0n) is 20.8.